The van der Waals surface area contributed by atoms with Crippen LogP contribution in [0, 0.1) is 5.82 Å². The van der Waals surface area contributed by atoms with Crippen molar-refractivity contribution >= 4 is 27.3 Å². The van der Waals surface area contributed by atoms with E-state index in [1.54, 1.807) is 18.4 Å². The van der Waals surface area contributed by atoms with E-state index in [9.17, 15) is 4.39 Å². The Bertz CT molecular complexity index is 573. The maximum absolute atomic E-state index is 13.3. The zero-order valence-corrected chi connectivity index (χ0v) is 13.9. The van der Waals surface area contributed by atoms with Gasteiger partial charge in [-0.3, -0.25) is 0 Å². The molecule has 108 valence electrons. The molecule has 1 unspecified atom stereocenters. The molecule has 5 heteroatoms. The average Bonchev–Trinajstić information content (AvgIpc) is 2.90. The summed E-state index contributed by atoms with van der Waals surface area (Å²) in [7, 11) is 1.68. The first-order chi connectivity index (χ1) is 9.65. The summed E-state index contributed by atoms with van der Waals surface area (Å²) in [6.07, 6.45) is 0.795. The zero-order valence-electron chi connectivity index (χ0n) is 11.5. The molecule has 2 rings (SSSR count). The minimum absolute atomic E-state index is 0.173. The highest BCUT2D eigenvalue weighted by Gasteiger charge is 2.17. The van der Waals surface area contributed by atoms with Gasteiger partial charge in [-0.2, -0.15) is 0 Å². The van der Waals surface area contributed by atoms with Crippen molar-refractivity contribution in [2.24, 2.45) is 0 Å². The van der Waals surface area contributed by atoms with Gasteiger partial charge in [0.2, 0.25) is 0 Å². The number of benzene rings is 1. The van der Waals surface area contributed by atoms with E-state index in [-0.39, 0.29) is 11.9 Å². The SMILES string of the molecule is CCNC(Cc1ccc(F)c(Br)c1)c1sccc1OC. The second-order valence-electron chi connectivity index (χ2n) is 4.42. The van der Waals surface area contributed by atoms with Crippen molar-refractivity contribution < 1.29 is 9.13 Å². The van der Waals surface area contributed by atoms with Gasteiger partial charge in [-0.15, -0.1) is 11.3 Å². The van der Waals surface area contributed by atoms with Crippen molar-refractivity contribution in [3.8, 4) is 5.75 Å². The number of halogens is 2. The Balaban J connectivity index is 2.23. The highest BCUT2D eigenvalue weighted by Crippen LogP contribution is 2.33. The highest BCUT2D eigenvalue weighted by atomic mass is 79.9. The van der Waals surface area contributed by atoms with E-state index in [4.69, 9.17) is 4.74 Å². The van der Waals surface area contributed by atoms with Crippen LogP contribution in [0.15, 0.2) is 34.1 Å². The Kier molecular flexibility index (Phi) is 5.57. The number of hydrogen-bond acceptors (Lipinski definition) is 3. The summed E-state index contributed by atoms with van der Waals surface area (Å²) in [4.78, 5) is 1.18. The quantitative estimate of drug-likeness (QED) is 0.818. The van der Waals surface area contributed by atoms with Crippen LogP contribution in [0.5, 0.6) is 5.75 Å². The molecule has 0 spiro atoms. The summed E-state index contributed by atoms with van der Waals surface area (Å²) in [6, 6.07) is 7.30. The van der Waals surface area contributed by atoms with Crippen molar-refractivity contribution in [3.05, 3.63) is 50.4 Å². The molecule has 0 saturated heterocycles. The summed E-state index contributed by atoms with van der Waals surface area (Å²) in [5.74, 6) is 0.671. The predicted octanol–water partition coefficient (Wildman–Crippen LogP) is 4.55. The Morgan fingerprint density at radius 3 is 2.85 bits per heavy atom. The Labute approximate surface area is 131 Å². The van der Waals surface area contributed by atoms with Crippen molar-refractivity contribution in [2.45, 2.75) is 19.4 Å². The van der Waals surface area contributed by atoms with E-state index >= 15 is 0 Å². The summed E-state index contributed by atoms with van der Waals surface area (Å²) in [6.45, 7) is 2.95. The number of ether oxygens (including phenoxy) is 1. The Morgan fingerprint density at radius 2 is 2.20 bits per heavy atom. The largest absolute Gasteiger partial charge is 0.496 e. The van der Waals surface area contributed by atoms with Gasteiger partial charge in [0, 0.05) is 6.04 Å². The zero-order chi connectivity index (χ0) is 14.5. The van der Waals surface area contributed by atoms with Crippen LogP contribution in [0.25, 0.3) is 0 Å². The molecule has 2 nitrogen and oxygen atoms in total. The lowest BCUT2D eigenvalue weighted by atomic mass is 10.0. The van der Waals surface area contributed by atoms with Crippen LogP contribution in [-0.2, 0) is 6.42 Å². The second-order valence-corrected chi connectivity index (χ2v) is 6.22. The van der Waals surface area contributed by atoms with Gasteiger partial charge < -0.3 is 10.1 Å². The predicted molar refractivity (Wildman–Crippen MR) is 85.1 cm³/mol. The number of nitrogens with one attached hydrogen (secondary N) is 1. The minimum Gasteiger partial charge on any atom is -0.496 e. The fourth-order valence-corrected chi connectivity index (χ4v) is 3.50. The Morgan fingerprint density at radius 1 is 1.40 bits per heavy atom. The van der Waals surface area contributed by atoms with E-state index in [2.05, 4.69) is 28.2 Å². The summed E-state index contributed by atoms with van der Waals surface area (Å²) in [5.41, 5.74) is 1.08. The topological polar surface area (TPSA) is 21.3 Å². The standard InChI is InChI=1S/C15H17BrFNOS/c1-3-18-13(15-14(19-2)6-7-20-15)9-10-4-5-12(17)11(16)8-10/h4-8,13,18H,3,9H2,1-2H3. The van der Waals surface area contributed by atoms with Gasteiger partial charge in [-0.1, -0.05) is 13.0 Å². The van der Waals surface area contributed by atoms with Crippen LogP contribution in [-0.4, -0.2) is 13.7 Å². The molecule has 0 amide bonds. The normalized spacial score (nSPS) is 12.4. The van der Waals surface area contributed by atoms with Crippen molar-refractivity contribution in [1.29, 1.82) is 0 Å². The van der Waals surface area contributed by atoms with Crippen LogP contribution in [0.2, 0.25) is 0 Å². The first-order valence-corrected chi connectivity index (χ1v) is 8.11. The molecule has 0 aliphatic carbocycles. The summed E-state index contributed by atoms with van der Waals surface area (Å²) in [5, 5.41) is 5.49. The molecule has 0 fully saturated rings. The first kappa shape index (κ1) is 15.5. The first-order valence-electron chi connectivity index (χ1n) is 6.44. The lowest BCUT2D eigenvalue weighted by molar-refractivity contribution is 0.403. The number of hydrogen-bond donors (Lipinski definition) is 1. The maximum atomic E-state index is 13.3. The van der Waals surface area contributed by atoms with Gasteiger partial charge in [0.25, 0.3) is 0 Å². The van der Waals surface area contributed by atoms with E-state index in [0.717, 1.165) is 24.3 Å². The second kappa shape index (κ2) is 7.20. The fourth-order valence-electron chi connectivity index (χ4n) is 2.14. The minimum atomic E-state index is -0.234. The van der Waals surface area contributed by atoms with Gasteiger partial charge in [0.05, 0.1) is 16.5 Å². The van der Waals surface area contributed by atoms with Gasteiger partial charge in [0.15, 0.2) is 0 Å². The molecular formula is C15H17BrFNOS. The third-order valence-corrected chi connectivity index (χ3v) is 4.69. The van der Waals surface area contributed by atoms with Crippen LogP contribution in [0.1, 0.15) is 23.4 Å². The monoisotopic (exact) mass is 357 g/mol. The van der Waals surface area contributed by atoms with Crippen LogP contribution >= 0.6 is 27.3 Å². The van der Waals surface area contributed by atoms with Crippen molar-refractivity contribution in [1.82, 2.24) is 5.32 Å². The molecule has 0 radical (unpaired) electrons. The molecule has 1 N–H and O–H groups in total. The van der Waals surface area contributed by atoms with Crippen molar-refractivity contribution in [3.63, 3.8) is 0 Å². The van der Waals surface area contributed by atoms with Crippen LogP contribution in [0.4, 0.5) is 4.39 Å². The maximum Gasteiger partial charge on any atom is 0.137 e. The molecule has 1 aromatic carbocycles. The number of methoxy groups -OCH3 is 1. The van der Waals surface area contributed by atoms with Gasteiger partial charge in [0.1, 0.15) is 11.6 Å². The number of thiophene rings is 1. The molecule has 1 atom stereocenters. The van der Waals surface area contributed by atoms with Crippen molar-refractivity contribution in [2.75, 3.05) is 13.7 Å². The summed E-state index contributed by atoms with van der Waals surface area (Å²) >= 11 is 4.91. The molecule has 0 aliphatic heterocycles. The lowest BCUT2D eigenvalue weighted by Gasteiger charge is -2.18. The van der Waals surface area contributed by atoms with E-state index in [0.29, 0.717) is 4.47 Å². The smallest absolute Gasteiger partial charge is 0.137 e. The molecule has 0 aliphatic rings. The van der Waals surface area contributed by atoms with Crippen LogP contribution < -0.4 is 10.1 Å². The van der Waals surface area contributed by atoms with Gasteiger partial charge >= 0.3 is 0 Å². The summed E-state index contributed by atoms with van der Waals surface area (Å²) < 4.78 is 19.2. The molecule has 1 heterocycles. The molecule has 1 aromatic heterocycles. The van der Waals surface area contributed by atoms with Crippen LogP contribution in [0.3, 0.4) is 0 Å². The lowest BCUT2D eigenvalue weighted by Crippen LogP contribution is -2.22. The number of likely N-dealkylation sites (N-methyl/N-ethyl adjacent to an activating group) is 1. The highest BCUT2D eigenvalue weighted by molar-refractivity contribution is 9.10. The Hall–Kier alpha value is -0.910. The van der Waals surface area contributed by atoms with E-state index in [1.807, 2.05) is 23.6 Å². The van der Waals surface area contributed by atoms with E-state index in [1.165, 1.54) is 10.9 Å². The van der Waals surface area contributed by atoms with Gasteiger partial charge in [-0.25, -0.2) is 4.39 Å². The number of rotatable bonds is 6. The molecular weight excluding hydrogens is 341 g/mol. The molecule has 0 bridgehead atoms. The molecule has 0 saturated carbocycles. The third-order valence-electron chi connectivity index (χ3n) is 3.07. The molecule has 20 heavy (non-hydrogen) atoms. The third kappa shape index (κ3) is 3.59. The average molecular weight is 358 g/mol. The molecule has 2 aromatic rings. The fraction of sp³-hybridized carbons (Fsp3) is 0.333. The van der Waals surface area contributed by atoms with Gasteiger partial charge in [-0.05, 0) is 58.0 Å². The van der Waals surface area contributed by atoms with E-state index < -0.39 is 0 Å².